The largest absolute Gasteiger partial charge is 0.481 e. The van der Waals surface area contributed by atoms with E-state index in [9.17, 15) is 13.2 Å². The fourth-order valence-corrected chi connectivity index (χ4v) is 3.99. The Balaban J connectivity index is 1.70. The number of terminal acetylenes is 1. The minimum Gasteiger partial charge on any atom is -0.481 e. The van der Waals surface area contributed by atoms with Gasteiger partial charge in [-0.15, -0.1) is 6.42 Å². The van der Waals surface area contributed by atoms with Gasteiger partial charge in [0.25, 0.3) is 0 Å². The quantitative estimate of drug-likeness (QED) is 0.383. The number of fused-ring (bicyclic) bond motifs is 1. The zero-order valence-electron chi connectivity index (χ0n) is 19.1. The number of halogens is 3. The first kappa shape index (κ1) is 23.4. The molecule has 174 valence electrons. The summed E-state index contributed by atoms with van der Waals surface area (Å²) in [7, 11) is 0. The van der Waals surface area contributed by atoms with Gasteiger partial charge >= 0.3 is 6.18 Å². The van der Waals surface area contributed by atoms with Crippen molar-refractivity contribution in [3.8, 4) is 18.1 Å². The van der Waals surface area contributed by atoms with E-state index < -0.39 is 11.7 Å². The number of hydrogen-bond acceptors (Lipinski definition) is 3. The third-order valence-corrected chi connectivity index (χ3v) is 5.76. The SMILES string of the molecule is C#CCOc1ccc2c(c1)C(c1ccc(C(C)C)cc1)=NCN2Cc1cccc(C(F)(F)F)c1. The van der Waals surface area contributed by atoms with E-state index in [4.69, 9.17) is 16.2 Å². The van der Waals surface area contributed by atoms with E-state index in [0.29, 0.717) is 30.4 Å². The van der Waals surface area contributed by atoms with Crippen LogP contribution in [-0.2, 0) is 12.7 Å². The highest BCUT2D eigenvalue weighted by molar-refractivity contribution is 6.17. The van der Waals surface area contributed by atoms with Crippen molar-refractivity contribution >= 4 is 11.4 Å². The van der Waals surface area contributed by atoms with Gasteiger partial charge < -0.3 is 9.64 Å². The summed E-state index contributed by atoms with van der Waals surface area (Å²) in [5.74, 6) is 3.49. The summed E-state index contributed by atoms with van der Waals surface area (Å²) in [6.07, 6.45) is 0.952. The van der Waals surface area contributed by atoms with Crippen molar-refractivity contribution in [3.63, 3.8) is 0 Å². The number of rotatable bonds is 6. The topological polar surface area (TPSA) is 24.8 Å². The Morgan fingerprint density at radius 1 is 1.06 bits per heavy atom. The van der Waals surface area contributed by atoms with E-state index in [1.165, 1.54) is 17.7 Å². The molecule has 0 saturated carbocycles. The van der Waals surface area contributed by atoms with Crippen LogP contribution in [0, 0.1) is 12.3 Å². The monoisotopic (exact) mass is 462 g/mol. The lowest BCUT2D eigenvalue weighted by molar-refractivity contribution is -0.137. The highest BCUT2D eigenvalue weighted by Crippen LogP contribution is 2.34. The van der Waals surface area contributed by atoms with Gasteiger partial charge in [-0.25, -0.2) is 0 Å². The normalized spacial score (nSPS) is 13.3. The molecule has 4 rings (SSSR count). The van der Waals surface area contributed by atoms with Crippen LogP contribution >= 0.6 is 0 Å². The second-order valence-corrected chi connectivity index (χ2v) is 8.49. The van der Waals surface area contributed by atoms with Crippen molar-refractivity contribution in [2.45, 2.75) is 32.5 Å². The van der Waals surface area contributed by atoms with Crippen LogP contribution < -0.4 is 9.64 Å². The number of anilines is 1. The highest BCUT2D eigenvalue weighted by atomic mass is 19.4. The summed E-state index contributed by atoms with van der Waals surface area (Å²) in [5.41, 5.74) is 4.66. The zero-order chi connectivity index (χ0) is 24.3. The highest BCUT2D eigenvalue weighted by Gasteiger charge is 2.30. The summed E-state index contributed by atoms with van der Waals surface area (Å²) >= 11 is 0. The van der Waals surface area contributed by atoms with Gasteiger partial charge in [-0.1, -0.05) is 56.2 Å². The molecule has 0 atom stereocenters. The molecule has 0 aliphatic carbocycles. The van der Waals surface area contributed by atoms with Crippen molar-refractivity contribution in [1.29, 1.82) is 0 Å². The first-order chi connectivity index (χ1) is 16.3. The Morgan fingerprint density at radius 2 is 1.82 bits per heavy atom. The van der Waals surface area contributed by atoms with Crippen molar-refractivity contribution in [2.75, 3.05) is 18.2 Å². The maximum Gasteiger partial charge on any atom is 0.416 e. The molecule has 0 bridgehead atoms. The van der Waals surface area contributed by atoms with Crippen molar-refractivity contribution in [2.24, 2.45) is 4.99 Å². The van der Waals surface area contributed by atoms with Gasteiger partial charge in [0, 0.05) is 23.4 Å². The maximum atomic E-state index is 13.2. The molecule has 3 aromatic carbocycles. The molecule has 0 saturated heterocycles. The molecule has 1 aliphatic heterocycles. The van der Waals surface area contributed by atoms with Crippen LogP contribution in [0.25, 0.3) is 0 Å². The molecule has 0 fully saturated rings. The predicted octanol–water partition coefficient (Wildman–Crippen LogP) is 6.66. The zero-order valence-corrected chi connectivity index (χ0v) is 19.1. The summed E-state index contributed by atoms with van der Waals surface area (Å²) in [4.78, 5) is 6.77. The number of hydrogen-bond donors (Lipinski definition) is 0. The van der Waals surface area contributed by atoms with Crippen LogP contribution in [0.1, 0.15) is 47.6 Å². The Hall–Kier alpha value is -3.72. The van der Waals surface area contributed by atoms with Gasteiger partial charge in [-0.05, 0) is 47.4 Å². The number of nitrogens with zero attached hydrogens (tertiary/aromatic N) is 2. The smallest absolute Gasteiger partial charge is 0.416 e. The summed E-state index contributed by atoms with van der Waals surface area (Å²) in [6, 6.07) is 19.3. The molecule has 3 nitrogen and oxygen atoms in total. The number of ether oxygens (including phenoxy) is 1. The molecule has 3 aromatic rings. The van der Waals surface area contributed by atoms with E-state index in [-0.39, 0.29) is 6.61 Å². The van der Waals surface area contributed by atoms with Crippen LogP contribution in [0.2, 0.25) is 0 Å². The molecule has 0 radical (unpaired) electrons. The minimum absolute atomic E-state index is 0.141. The van der Waals surface area contributed by atoms with E-state index >= 15 is 0 Å². The van der Waals surface area contributed by atoms with Crippen molar-refractivity contribution < 1.29 is 17.9 Å². The molecule has 0 aromatic heterocycles. The van der Waals surface area contributed by atoms with E-state index in [0.717, 1.165) is 28.6 Å². The van der Waals surface area contributed by atoms with Crippen LogP contribution in [0.5, 0.6) is 5.75 Å². The molecular formula is C28H25F3N2O. The first-order valence-corrected chi connectivity index (χ1v) is 11.0. The lowest BCUT2D eigenvalue weighted by Gasteiger charge is -2.31. The number of alkyl halides is 3. The van der Waals surface area contributed by atoms with Crippen LogP contribution in [-0.4, -0.2) is 19.0 Å². The number of aliphatic imine (C=N–C) groups is 1. The van der Waals surface area contributed by atoms with E-state index in [1.54, 1.807) is 6.07 Å². The van der Waals surface area contributed by atoms with Gasteiger partial charge in [0.2, 0.25) is 0 Å². The lowest BCUT2D eigenvalue weighted by atomic mass is 9.95. The van der Waals surface area contributed by atoms with Crippen LogP contribution in [0.3, 0.4) is 0 Å². The fourth-order valence-electron chi connectivity index (χ4n) is 3.99. The summed E-state index contributed by atoms with van der Waals surface area (Å²) in [5, 5.41) is 0. The third-order valence-electron chi connectivity index (χ3n) is 5.76. The molecule has 6 heteroatoms. The first-order valence-electron chi connectivity index (χ1n) is 11.0. The Morgan fingerprint density at radius 3 is 2.50 bits per heavy atom. The van der Waals surface area contributed by atoms with Gasteiger partial charge in [0.15, 0.2) is 0 Å². The molecule has 0 unspecified atom stereocenters. The molecule has 1 aliphatic rings. The van der Waals surface area contributed by atoms with E-state index in [1.807, 2.05) is 23.1 Å². The maximum absolute atomic E-state index is 13.2. The number of benzene rings is 3. The van der Waals surface area contributed by atoms with Gasteiger partial charge in [0.05, 0.1) is 11.3 Å². The van der Waals surface area contributed by atoms with E-state index in [2.05, 4.69) is 44.0 Å². The molecule has 0 amide bonds. The molecule has 0 spiro atoms. The van der Waals surface area contributed by atoms with Crippen LogP contribution in [0.15, 0.2) is 71.7 Å². The minimum atomic E-state index is -4.38. The Labute approximate surface area is 197 Å². The Bertz CT molecular complexity index is 1240. The second-order valence-electron chi connectivity index (χ2n) is 8.49. The van der Waals surface area contributed by atoms with Gasteiger partial charge in [-0.3, -0.25) is 4.99 Å². The lowest BCUT2D eigenvalue weighted by Crippen LogP contribution is -2.30. The average Bonchev–Trinajstić information content (AvgIpc) is 2.82. The molecule has 34 heavy (non-hydrogen) atoms. The van der Waals surface area contributed by atoms with Crippen molar-refractivity contribution in [3.05, 3.63) is 94.5 Å². The Kier molecular flexibility index (Phi) is 6.65. The van der Waals surface area contributed by atoms with Gasteiger partial charge in [-0.2, -0.15) is 13.2 Å². The van der Waals surface area contributed by atoms with Gasteiger partial charge in [0.1, 0.15) is 19.0 Å². The second kappa shape index (κ2) is 9.64. The average molecular weight is 463 g/mol. The van der Waals surface area contributed by atoms with Crippen LogP contribution in [0.4, 0.5) is 18.9 Å². The summed E-state index contributed by atoms with van der Waals surface area (Å²) in [6.45, 7) is 5.05. The molecule has 0 N–H and O–H groups in total. The third kappa shape index (κ3) is 5.09. The summed E-state index contributed by atoms with van der Waals surface area (Å²) < 4.78 is 45.2. The molecular weight excluding hydrogens is 437 g/mol. The standard InChI is InChI=1S/C28H25F3N2O/c1-4-14-34-24-12-13-26-25(16-24)27(22-10-8-21(9-11-22)19(2)3)32-18-33(26)17-20-6-5-7-23(15-20)28(29,30)31/h1,5-13,15-16,19H,14,17-18H2,2-3H3. The fraction of sp³-hybridized carbons (Fsp3) is 0.250. The molecule has 1 heterocycles. The van der Waals surface area contributed by atoms with Crippen molar-refractivity contribution in [1.82, 2.24) is 0 Å². The predicted molar refractivity (Wildman–Crippen MR) is 129 cm³/mol.